The number of carboxylic acid groups (broad SMARTS) is 3. The van der Waals surface area contributed by atoms with Crippen LogP contribution >= 0.6 is 11.3 Å². The molecule has 13 heteroatoms. The van der Waals surface area contributed by atoms with E-state index < -0.39 is 36.4 Å². The van der Waals surface area contributed by atoms with Crippen molar-refractivity contribution in [2.45, 2.75) is 38.2 Å². The summed E-state index contributed by atoms with van der Waals surface area (Å²) in [6.07, 6.45) is 0.266. The van der Waals surface area contributed by atoms with Crippen LogP contribution in [0, 0.1) is 0 Å². The SMILES string of the molecule is CCOc1ccc(-c2sc3cc(OC)ccc3c2C(=O)c2ccc(OCCN3CCCC3)cc2)cc1.O=C(O)CC(O)(CC(=O)O)C(=O)O. The second kappa shape index (κ2) is 16.9. The molecular formula is C36H39NO11S. The Morgan fingerprint density at radius 3 is 1.94 bits per heavy atom. The number of aliphatic hydroxyl groups is 1. The predicted molar refractivity (Wildman–Crippen MR) is 183 cm³/mol. The molecule has 0 spiro atoms. The highest BCUT2D eigenvalue weighted by Gasteiger charge is 2.40. The third-order valence-electron chi connectivity index (χ3n) is 7.83. The molecule has 0 saturated carbocycles. The van der Waals surface area contributed by atoms with Crippen LogP contribution in [0.5, 0.6) is 17.2 Å². The lowest BCUT2D eigenvalue weighted by atomic mass is 9.96. The summed E-state index contributed by atoms with van der Waals surface area (Å²) in [6.45, 7) is 6.50. The van der Waals surface area contributed by atoms with Crippen LogP contribution in [0.1, 0.15) is 48.5 Å². The Morgan fingerprint density at radius 1 is 0.816 bits per heavy atom. The number of fused-ring (bicyclic) bond motifs is 1. The Labute approximate surface area is 287 Å². The van der Waals surface area contributed by atoms with Gasteiger partial charge in [0.15, 0.2) is 11.4 Å². The highest BCUT2D eigenvalue weighted by Crippen LogP contribution is 2.41. The van der Waals surface area contributed by atoms with Gasteiger partial charge in [-0.2, -0.15) is 0 Å². The molecule has 0 unspecified atom stereocenters. The zero-order valence-corrected chi connectivity index (χ0v) is 28.0. The molecule has 1 saturated heterocycles. The smallest absolute Gasteiger partial charge is 0.336 e. The van der Waals surface area contributed by atoms with Crippen molar-refractivity contribution in [3.05, 3.63) is 77.9 Å². The van der Waals surface area contributed by atoms with Gasteiger partial charge in [0.1, 0.15) is 23.9 Å². The standard InChI is InChI=1S/C30H31NO4S.C6H8O7/c1-3-34-23-12-8-22(9-13-23)30-28(26-15-14-25(33-2)20-27(26)36-30)29(32)21-6-10-24(11-7-21)35-19-18-31-16-4-5-17-31;7-3(8)1-6(13,5(11)12)2-4(9)10/h6-15,20H,3-5,16-19H2,1-2H3;13H,1-2H2,(H,7,8)(H,9,10)(H,11,12). The van der Waals surface area contributed by atoms with Gasteiger partial charge in [-0.3, -0.25) is 19.3 Å². The van der Waals surface area contributed by atoms with E-state index >= 15 is 0 Å². The van der Waals surface area contributed by atoms with Crippen LogP contribution in [0.15, 0.2) is 66.7 Å². The van der Waals surface area contributed by atoms with Crippen LogP contribution in [-0.2, 0) is 14.4 Å². The average molecular weight is 694 g/mol. The molecule has 5 rings (SSSR count). The van der Waals surface area contributed by atoms with Gasteiger partial charge in [0.25, 0.3) is 0 Å². The lowest BCUT2D eigenvalue weighted by Crippen LogP contribution is -2.42. The molecule has 12 nitrogen and oxygen atoms in total. The number of nitrogens with zero attached hydrogens (tertiary/aromatic N) is 1. The van der Waals surface area contributed by atoms with Crippen LogP contribution in [0.25, 0.3) is 20.5 Å². The molecule has 4 N–H and O–H groups in total. The van der Waals surface area contributed by atoms with Gasteiger partial charge in [0.2, 0.25) is 0 Å². The molecule has 0 atom stereocenters. The Kier molecular flexibility index (Phi) is 12.7. The van der Waals surface area contributed by atoms with E-state index in [1.54, 1.807) is 18.4 Å². The monoisotopic (exact) mass is 693 g/mol. The summed E-state index contributed by atoms with van der Waals surface area (Å²) >= 11 is 1.60. The normalized spacial score (nSPS) is 13.0. The number of aliphatic carboxylic acids is 3. The number of hydrogen-bond donors (Lipinski definition) is 4. The Hall–Kier alpha value is -4.98. The summed E-state index contributed by atoms with van der Waals surface area (Å²) in [5, 5.41) is 34.7. The number of hydrogen-bond acceptors (Lipinski definition) is 10. The maximum Gasteiger partial charge on any atom is 0.336 e. The molecule has 49 heavy (non-hydrogen) atoms. The highest BCUT2D eigenvalue weighted by molar-refractivity contribution is 7.22. The minimum atomic E-state index is -2.74. The van der Waals surface area contributed by atoms with Crippen LogP contribution in [0.2, 0.25) is 0 Å². The molecule has 1 fully saturated rings. The molecule has 1 aliphatic heterocycles. The van der Waals surface area contributed by atoms with Gasteiger partial charge >= 0.3 is 17.9 Å². The van der Waals surface area contributed by atoms with Crippen LogP contribution < -0.4 is 14.2 Å². The first kappa shape index (κ1) is 36.8. The van der Waals surface area contributed by atoms with Gasteiger partial charge in [-0.1, -0.05) is 0 Å². The van der Waals surface area contributed by atoms with Gasteiger partial charge in [-0.15, -0.1) is 11.3 Å². The van der Waals surface area contributed by atoms with E-state index in [9.17, 15) is 19.2 Å². The molecule has 3 aromatic carbocycles. The fraction of sp³-hybridized carbons (Fsp3) is 0.333. The topological polar surface area (TPSA) is 180 Å². The quantitative estimate of drug-likeness (QED) is 0.116. The van der Waals surface area contributed by atoms with Gasteiger partial charge in [0.05, 0.1) is 26.6 Å². The average Bonchev–Trinajstić information content (AvgIpc) is 3.72. The van der Waals surface area contributed by atoms with Gasteiger partial charge < -0.3 is 34.6 Å². The van der Waals surface area contributed by atoms with Crippen molar-refractivity contribution in [2.24, 2.45) is 0 Å². The summed E-state index contributed by atoms with van der Waals surface area (Å²) in [5.41, 5.74) is -0.393. The van der Waals surface area contributed by atoms with Crippen molar-refractivity contribution in [1.29, 1.82) is 0 Å². The Balaban J connectivity index is 0.000000355. The summed E-state index contributed by atoms with van der Waals surface area (Å²) in [6, 6.07) is 21.3. The number of carboxylic acids is 3. The lowest BCUT2D eigenvalue weighted by molar-refractivity contribution is -0.170. The largest absolute Gasteiger partial charge is 0.497 e. The van der Waals surface area contributed by atoms with Crippen molar-refractivity contribution in [3.8, 4) is 27.7 Å². The maximum absolute atomic E-state index is 13.8. The van der Waals surface area contributed by atoms with Crippen LogP contribution in [0.4, 0.5) is 0 Å². The second-order valence-electron chi connectivity index (χ2n) is 11.4. The van der Waals surface area contributed by atoms with E-state index in [1.165, 1.54) is 12.8 Å². The maximum atomic E-state index is 13.8. The van der Waals surface area contributed by atoms with E-state index in [-0.39, 0.29) is 5.78 Å². The zero-order valence-electron chi connectivity index (χ0n) is 27.2. The van der Waals surface area contributed by atoms with E-state index in [2.05, 4.69) is 4.90 Å². The molecule has 0 amide bonds. The number of carbonyl (C=O) groups is 4. The molecule has 260 valence electrons. The predicted octanol–water partition coefficient (Wildman–Crippen LogP) is 5.43. The molecule has 0 radical (unpaired) electrons. The molecule has 1 aliphatic rings. The minimum absolute atomic E-state index is 0.00100. The summed E-state index contributed by atoms with van der Waals surface area (Å²) in [5.74, 6) is -2.64. The fourth-order valence-corrected chi connectivity index (χ4v) is 6.60. The van der Waals surface area contributed by atoms with Gasteiger partial charge in [0, 0.05) is 32.6 Å². The number of ketones is 1. The summed E-state index contributed by atoms with van der Waals surface area (Å²) in [7, 11) is 1.66. The number of rotatable bonds is 15. The van der Waals surface area contributed by atoms with Crippen LogP contribution in [0.3, 0.4) is 0 Å². The first-order valence-corrected chi connectivity index (χ1v) is 16.5. The number of likely N-dealkylation sites (tertiary alicyclic amines) is 1. The molecule has 2 heterocycles. The van der Waals surface area contributed by atoms with Crippen molar-refractivity contribution in [2.75, 3.05) is 40.0 Å². The first-order chi connectivity index (χ1) is 23.4. The summed E-state index contributed by atoms with van der Waals surface area (Å²) in [4.78, 5) is 47.7. The van der Waals surface area contributed by atoms with E-state index in [1.807, 2.05) is 73.7 Å². The van der Waals surface area contributed by atoms with E-state index in [0.717, 1.165) is 57.4 Å². The van der Waals surface area contributed by atoms with Crippen molar-refractivity contribution in [3.63, 3.8) is 0 Å². The highest BCUT2D eigenvalue weighted by atomic mass is 32.1. The number of methoxy groups -OCH3 is 1. The second-order valence-corrected chi connectivity index (χ2v) is 12.4. The zero-order chi connectivity index (χ0) is 35.6. The molecule has 0 bridgehead atoms. The lowest BCUT2D eigenvalue weighted by Gasteiger charge is -2.18. The summed E-state index contributed by atoms with van der Waals surface area (Å²) < 4.78 is 18.0. The number of ether oxygens (including phenoxy) is 3. The van der Waals surface area contributed by atoms with Crippen molar-refractivity contribution >= 4 is 45.1 Å². The fourth-order valence-electron chi connectivity index (χ4n) is 5.36. The van der Waals surface area contributed by atoms with Crippen molar-refractivity contribution < 1.29 is 53.8 Å². The minimum Gasteiger partial charge on any atom is -0.497 e. The molecule has 1 aromatic heterocycles. The van der Waals surface area contributed by atoms with E-state index in [4.69, 9.17) is 34.6 Å². The van der Waals surface area contributed by atoms with Gasteiger partial charge in [-0.25, -0.2) is 4.79 Å². The Bertz CT molecular complexity index is 1740. The molecule has 4 aromatic rings. The third-order valence-corrected chi connectivity index (χ3v) is 9.03. The number of thiophene rings is 1. The van der Waals surface area contributed by atoms with E-state index in [0.29, 0.717) is 24.3 Å². The molecular weight excluding hydrogens is 654 g/mol. The third kappa shape index (κ3) is 9.78. The van der Waals surface area contributed by atoms with Crippen molar-refractivity contribution in [1.82, 2.24) is 4.90 Å². The first-order valence-electron chi connectivity index (χ1n) is 15.7. The molecule has 0 aliphatic carbocycles. The Morgan fingerprint density at radius 2 is 1.39 bits per heavy atom. The van der Waals surface area contributed by atoms with Gasteiger partial charge in [-0.05, 0) is 105 Å². The number of benzene rings is 3. The van der Waals surface area contributed by atoms with Crippen LogP contribution in [-0.4, -0.2) is 94.6 Å². The number of carbonyl (C=O) groups excluding carboxylic acids is 1.